The molecule has 0 saturated carbocycles. The van der Waals surface area contributed by atoms with Gasteiger partial charge in [-0.15, -0.1) is 5.73 Å². The van der Waals surface area contributed by atoms with Crippen molar-refractivity contribution in [3.63, 3.8) is 0 Å². The number of rotatable bonds is 3. The molecule has 0 aliphatic heterocycles. The molecule has 2 aromatic heterocycles. The summed E-state index contributed by atoms with van der Waals surface area (Å²) in [5.74, 6) is -0.165. The van der Waals surface area contributed by atoms with E-state index >= 15 is 0 Å². The van der Waals surface area contributed by atoms with Crippen molar-refractivity contribution in [2.75, 3.05) is 5.73 Å². The summed E-state index contributed by atoms with van der Waals surface area (Å²) < 4.78 is 1.76. The fourth-order valence-electron chi connectivity index (χ4n) is 2.20. The van der Waals surface area contributed by atoms with Crippen molar-refractivity contribution in [1.29, 1.82) is 0 Å². The van der Waals surface area contributed by atoms with Crippen molar-refractivity contribution >= 4 is 22.9 Å². The zero-order chi connectivity index (χ0) is 18.4. The number of primary amides is 1. The van der Waals surface area contributed by atoms with Gasteiger partial charge < -0.3 is 11.5 Å². The number of aryl methyl sites for hydroxylation is 1. The molecule has 3 aromatic rings. The van der Waals surface area contributed by atoms with Gasteiger partial charge >= 0.3 is 0 Å². The molecule has 0 fully saturated rings. The summed E-state index contributed by atoms with van der Waals surface area (Å²) >= 11 is 0. The second kappa shape index (κ2) is 7.90. The average Bonchev–Trinajstić information content (AvgIpc) is 3.02. The lowest BCUT2D eigenvalue weighted by atomic mass is 10.1. The summed E-state index contributed by atoms with van der Waals surface area (Å²) in [5, 5.41) is 0. The van der Waals surface area contributed by atoms with Crippen molar-refractivity contribution in [2.24, 2.45) is 5.73 Å². The second-order valence-electron chi connectivity index (χ2n) is 5.23. The predicted molar refractivity (Wildman–Crippen MR) is 98.3 cm³/mol. The highest BCUT2D eigenvalue weighted by Crippen LogP contribution is 2.22. The second-order valence-corrected chi connectivity index (χ2v) is 5.23. The fraction of sp³-hybridized carbons (Fsp3) is 0.167. The molecule has 0 saturated heterocycles. The first kappa shape index (κ1) is 17.9. The number of carbonyl (C=O) groups is 1. The van der Waals surface area contributed by atoms with Crippen LogP contribution in [0.1, 0.15) is 29.3 Å². The molecule has 128 valence electrons. The number of hydrogen-bond acceptors (Lipinski definition) is 5. The highest BCUT2D eigenvalue weighted by atomic mass is 16.1. The number of carbonyl (C=O) groups excluding carboxylic acids is 1. The van der Waals surface area contributed by atoms with Gasteiger partial charge in [0.2, 0.25) is 5.91 Å². The summed E-state index contributed by atoms with van der Waals surface area (Å²) in [5.41, 5.74) is 17.0. The lowest BCUT2D eigenvalue weighted by Crippen LogP contribution is -2.12. The largest absolute Gasteiger partial charge is 0.382 e. The topological polar surface area (TPSA) is 113 Å². The Morgan fingerprint density at radius 1 is 1.36 bits per heavy atom. The Morgan fingerprint density at radius 2 is 2.12 bits per heavy atom. The SMILES string of the molecule is C=C=CCC.Cc1ccc(C(N)=O)cc1-n1cnc2c(N)ncnc21. The van der Waals surface area contributed by atoms with E-state index in [1.807, 2.05) is 19.1 Å². The van der Waals surface area contributed by atoms with Gasteiger partial charge in [-0.3, -0.25) is 9.36 Å². The Morgan fingerprint density at radius 3 is 2.72 bits per heavy atom. The molecule has 25 heavy (non-hydrogen) atoms. The molecule has 0 aliphatic carbocycles. The minimum absolute atomic E-state index is 0.317. The zero-order valence-corrected chi connectivity index (χ0v) is 14.2. The summed E-state index contributed by atoms with van der Waals surface area (Å²) in [6, 6.07) is 5.21. The molecule has 2 heterocycles. The smallest absolute Gasteiger partial charge is 0.248 e. The Bertz CT molecular complexity index is 953. The number of imidazole rings is 1. The van der Waals surface area contributed by atoms with Crippen molar-refractivity contribution < 1.29 is 4.79 Å². The number of hydrogen-bond donors (Lipinski definition) is 2. The quantitative estimate of drug-likeness (QED) is 0.714. The fourth-order valence-corrected chi connectivity index (χ4v) is 2.20. The van der Waals surface area contributed by atoms with E-state index in [1.54, 1.807) is 23.0 Å². The van der Waals surface area contributed by atoms with E-state index in [0.717, 1.165) is 17.7 Å². The third kappa shape index (κ3) is 3.91. The minimum Gasteiger partial charge on any atom is -0.382 e. The van der Waals surface area contributed by atoms with E-state index in [2.05, 4.69) is 34.2 Å². The lowest BCUT2D eigenvalue weighted by molar-refractivity contribution is 0.100. The maximum absolute atomic E-state index is 11.3. The number of fused-ring (bicyclic) bond motifs is 1. The van der Waals surface area contributed by atoms with Crippen LogP contribution < -0.4 is 11.5 Å². The van der Waals surface area contributed by atoms with Crippen LogP contribution in [0.5, 0.6) is 0 Å². The standard InChI is InChI=1S/C13H12N6O.C5H8/c1-7-2-3-8(12(15)20)4-9(7)19-6-18-10-11(14)16-5-17-13(10)19;1-3-5-4-2/h2-6H,1H3,(H2,15,20)(H2,14,16,17);5H,1,4H2,2H3. The Hall–Kier alpha value is -3.44. The first-order valence-corrected chi connectivity index (χ1v) is 7.68. The summed E-state index contributed by atoms with van der Waals surface area (Å²) in [7, 11) is 0. The van der Waals surface area contributed by atoms with Crippen LogP contribution in [0, 0.1) is 6.92 Å². The Balaban J connectivity index is 0.000000399. The van der Waals surface area contributed by atoms with Crippen LogP contribution in [0.15, 0.2) is 49.2 Å². The number of amides is 1. The van der Waals surface area contributed by atoms with Crippen molar-refractivity contribution in [3.05, 3.63) is 60.4 Å². The number of benzene rings is 1. The van der Waals surface area contributed by atoms with E-state index in [4.69, 9.17) is 11.5 Å². The highest BCUT2D eigenvalue weighted by Gasteiger charge is 2.12. The number of allylic oxidation sites excluding steroid dienone is 1. The molecule has 0 unspecified atom stereocenters. The van der Waals surface area contributed by atoms with Gasteiger partial charge in [-0.05, 0) is 37.1 Å². The van der Waals surface area contributed by atoms with E-state index in [1.165, 1.54) is 6.33 Å². The number of aromatic nitrogens is 4. The van der Waals surface area contributed by atoms with Gasteiger partial charge in [-0.25, -0.2) is 15.0 Å². The van der Waals surface area contributed by atoms with Gasteiger partial charge in [0.25, 0.3) is 0 Å². The van der Waals surface area contributed by atoms with Crippen LogP contribution in [-0.4, -0.2) is 25.4 Å². The molecule has 4 N–H and O–H groups in total. The van der Waals surface area contributed by atoms with Crippen molar-refractivity contribution in [2.45, 2.75) is 20.3 Å². The highest BCUT2D eigenvalue weighted by molar-refractivity contribution is 5.93. The van der Waals surface area contributed by atoms with Crippen LogP contribution in [-0.2, 0) is 0 Å². The molecular formula is C18H20N6O. The Labute approximate surface area is 145 Å². The number of nitrogen functional groups attached to an aromatic ring is 1. The van der Waals surface area contributed by atoms with Gasteiger partial charge in [0.15, 0.2) is 17.0 Å². The van der Waals surface area contributed by atoms with Crippen LogP contribution in [0.3, 0.4) is 0 Å². The maximum Gasteiger partial charge on any atom is 0.248 e. The molecular weight excluding hydrogens is 316 g/mol. The molecule has 0 spiro atoms. The predicted octanol–water partition coefficient (Wildman–Crippen LogP) is 2.54. The molecule has 7 nitrogen and oxygen atoms in total. The third-order valence-electron chi connectivity index (χ3n) is 3.46. The maximum atomic E-state index is 11.3. The van der Waals surface area contributed by atoms with E-state index < -0.39 is 5.91 Å². The Kier molecular flexibility index (Phi) is 5.66. The van der Waals surface area contributed by atoms with Crippen molar-refractivity contribution in [1.82, 2.24) is 19.5 Å². The third-order valence-corrected chi connectivity index (χ3v) is 3.46. The number of nitrogens with two attached hydrogens (primary N) is 2. The summed E-state index contributed by atoms with van der Waals surface area (Å²) in [4.78, 5) is 23.6. The normalized spacial score (nSPS) is 9.84. The summed E-state index contributed by atoms with van der Waals surface area (Å²) in [6.07, 6.45) is 5.91. The van der Waals surface area contributed by atoms with Gasteiger partial charge in [0.1, 0.15) is 12.7 Å². The molecule has 7 heteroatoms. The first-order valence-electron chi connectivity index (χ1n) is 7.68. The van der Waals surface area contributed by atoms with Gasteiger partial charge in [-0.1, -0.05) is 19.6 Å². The van der Waals surface area contributed by atoms with E-state index in [0.29, 0.717) is 22.5 Å². The van der Waals surface area contributed by atoms with Crippen LogP contribution >= 0.6 is 0 Å². The number of anilines is 1. The molecule has 3 rings (SSSR count). The molecule has 0 radical (unpaired) electrons. The van der Waals surface area contributed by atoms with Crippen LogP contribution in [0.4, 0.5) is 5.82 Å². The molecule has 1 amide bonds. The van der Waals surface area contributed by atoms with E-state index in [-0.39, 0.29) is 0 Å². The minimum atomic E-state index is -0.482. The zero-order valence-electron chi connectivity index (χ0n) is 14.2. The molecule has 0 aliphatic rings. The lowest BCUT2D eigenvalue weighted by Gasteiger charge is -2.09. The molecule has 0 bridgehead atoms. The summed E-state index contributed by atoms with van der Waals surface area (Å²) in [6.45, 7) is 7.35. The van der Waals surface area contributed by atoms with E-state index in [9.17, 15) is 4.79 Å². The molecule has 1 aromatic carbocycles. The number of nitrogens with zero attached hydrogens (tertiary/aromatic N) is 4. The van der Waals surface area contributed by atoms with Gasteiger partial charge in [-0.2, -0.15) is 0 Å². The average molecular weight is 336 g/mol. The van der Waals surface area contributed by atoms with Crippen LogP contribution in [0.25, 0.3) is 16.9 Å². The van der Waals surface area contributed by atoms with Gasteiger partial charge in [0.05, 0.1) is 5.69 Å². The monoisotopic (exact) mass is 336 g/mol. The van der Waals surface area contributed by atoms with Crippen LogP contribution in [0.2, 0.25) is 0 Å². The van der Waals surface area contributed by atoms with Gasteiger partial charge in [0, 0.05) is 5.56 Å². The van der Waals surface area contributed by atoms with Crippen molar-refractivity contribution in [3.8, 4) is 5.69 Å². The first-order chi connectivity index (χ1) is 12.0. The molecule has 0 atom stereocenters.